The average Bonchev–Trinajstić information content (AvgIpc) is 3.30. The van der Waals surface area contributed by atoms with Crippen LogP contribution in [-0.4, -0.2) is 47.8 Å². The highest BCUT2D eigenvalue weighted by atomic mass is 32.1. The number of hydrogen-bond acceptors (Lipinski definition) is 3. The van der Waals surface area contributed by atoms with Crippen molar-refractivity contribution in [3.63, 3.8) is 0 Å². The molecule has 1 aromatic heterocycles. The number of piperazine rings is 1. The SMILES string of the molecule is O=C(c1ccccc1C(F)(F)F)N1CCN(C(=O)[C@H]2C[C@H]2c2cccs2)CC1. The number of rotatable bonds is 3. The van der Waals surface area contributed by atoms with Crippen molar-refractivity contribution in [3.05, 3.63) is 57.8 Å². The van der Waals surface area contributed by atoms with Crippen LogP contribution in [0.2, 0.25) is 0 Å². The first-order valence-electron chi connectivity index (χ1n) is 9.14. The lowest BCUT2D eigenvalue weighted by Gasteiger charge is -2.35. The summed E-state index contributed by atoms with van der Waals surface area (Å²) in [5.41, 5.74) is -1.26. The minimum atomic E-state index is -4.58. The highest BCUT2D eigenvalue weighted by Gasteiger charge is 2.47. The zero-order chi connectivity index (χ0) is 19.9. The van der Waals surface area contributed by atoms with Gasteiger partial charge < -0.3 is 9.80 Å². The quantitative estimate of drug-likeness (QED) is 0.774. The maximum Gasteiger partial charge on any atom is 0.417 e. The van der Waals surface area contributed by atoms with Gasteiger partial charge in [-0.2, -0.15) is 13.2 Å². The van der Waals surface area contributed by atoms with E-state index in [1.165, 1.54) is 28.0 Å². The van der Waals surface area contributed by atoms with Crippen molar-refractivity contribution < 1.29 is 22.8 Å². The summed E-state index contributed by atoms with van der Waals surface area (Å²) in [6, 6.07) is 8.85. The molecule has 2 amide bonds. The first-order valence-corrected chi connectivity index (χ1v) is 10.0. The summed E-state index contributed by atoms with van der Waals surface area (Å²) in [6.07, 6.45) is -3.73. The molecule has 2 atom stereocenters. The molecule has 1 saturated carbocycles. The van der Waals surface area contributed by atoms with E-state index in [0.717, 1.165) is 12.5 Å². The number of hydrogen-bond donors (Lipinski definition) is 0. The minimum absolute atomic E-state index is 0.00754. The van der Waals surface area contributed by atoms with Gasteiger partial charge in [0.1, 0.15) is 0 Å². The number of amides is 2. The highest BCUT2D eigenvalue weighted by molar-refractivity contribution is 7.10. The Hall–Kier alpha value is -2.35. The maximum atomic E-state index is 13.2. The summed E-state index contributed by atoms with van der Waals surface area (Å²) in [7, 11) is 0. The fourth-order valence-electron chi connectivity index (χ4n) is 3.74. The second-order valence-electron chi connectivity index (χ2n) is 7.12. The van der Waals surface area contributed by atoms with Crippen molar-refractivity contribution in [1.82, 2.24) is 9.80 Å². The van der Waals surface area contributed by atoms with E-state index in [-0.39, 0.29) is 36.4 Å². The number of halogens is 3. The Kier molecular flexibility index (Phi) is 4.91. The van der Waals surface area contributed by atoms with Crippen LogP contribution in [0.15, 0.2) is 41.8 Å². The molecule has 4 rings (SSSR count). The molecule has 2 aliphatic rings. The Labute approximate surface area is 164 Å². The first-order chi connectivity index (χ1) is 13.4. The van der Waals surface area contributed by atoms with Crippen LogP contribution in [0.1, 0.15) is 33.1 Å². The Balaban J connectivity index is 1.37. The molecule has 0 spiro atoms. The third kappa shape index (κ3) is 3.65. The Bertz CT molecular complexity index is 874. The zero-order valence-corrected chi connectivity index (χ0v) is 15.8. The van der Waals surface area contributed by atoms with Gasteiger partial charge in [0.2, 0.25) is 5.91 Å². The predicted octanol–water partition coefficient (Wildman–Crippen LogP) is 3.86. The van der Waals surface area contributed by atoms with E-state index in [2.05, 4.69) is 0 Å². The van der Waals surface area contributed by atoms with Crippen LogP contribution in [0, 0.1) is 5.92 Å². The first kappa shape index (κ1) is 19.0. The van der Waals surface area contributed by atoms with E-state index in [1.807, 2.05) is 17.5 Å². The molecule has 1 aromatic carbocycles. The molecule has 0 unspecified atom stereocenters. The number of thiophene rings is 1. The smallest absolute Gasteiger partial charge is 0.339 e. The van der Waals surface area contributed by atoms with Gasteiger partial charge in [0.05, 0.1) is 11.1 Å². The van der Waals surface area contributed by atoms with Gasteiger partial charge in [0.25, 0.3) is 5.91 Å². The van der Waals surface area contributed by atoms with Gasteiger partial charge in [-0.3, -0.25) is 9.59 Å². The minimum Gasteiger partial charge on any atom is -0.339 e. The number of carbonyl (C=O) groups is 2. The summed E-state index contributed by atoms with van der Waals surface area (Å²) >= 11 is 1.65. The van der Waals surface area contributed by atoms with Gasteiger partial charge in [-0.15, -0.1) is 11.3 Å². The fourth-order valence-corrected chi connectivity index (χ4v) is 4.64. The van der Waals surface area contributed by atoms with E-state index >= 15 is 0 Å². The van der Waals surface area contributed by atoms with Gasteiger partial charge in [-0.05, 0) is 30.0 Å². The lowest BCUT2D eigenvalue weighted by Crippen LogP contribution is -2.51. The average molecular weight is 408 g/mol. The van der Waals surface area contributed by atoms with Gasteiger partial charge in [-0.1, -0.05) is 18.2 Å². The van der Waals surface area contributed by atoms with Crippen molar-refractivity contribution in [3.8, 4) is 0 Å². The number of alkyl halides is 3. The molecule has 1 saturated heterocycles. The highest BCUT2D eigenvalue weighted by Crippen LogP contribution is 2.50. The van der Waals surface area contributed by atoms with Crippen LogP contribution < -0.4 is 0 Å². The van der Waals surface area contributed by atoms with Crippen LogP contribution in [0.25, 0.3) is 0 Å². The molecule has 2 aromatic rings. The number of nitrogens with zero attached hydrogens (tertiary/aromatic N) is 2. The second-order valence-corrected chi connectivity index (χ2v) is 8.10. The molecule has 148 valence electrons. The van der Waals surface area contributed by atoms with Crippen LogP contribution in [0.4, 0.5) is 13.2 Å². The van der Waals surface area contributed by atoms with Crippen LogP contribution >= 0.6 is 11.3 Å². The van der Waals surface area contributed by atoms with Crippen molar-refractivity contribution >= 4 is 23.2 Å². The Morgan fingerprint density at radius 1 is 0.964 bits per heavy atom. The summed E-state index contributed by atoms with van der Waals surface area (Å²) in [5.74, 6) is -0.276. The number of carbonyl (C=O) groups excluding carboxylic acids is 2. The molecular formula is C20H19F3N2O2S. The molecule has 1 aliphatic carbocycles. The lowest BCUT2D eigenvalue weighted by atomic mass is 10.1. The summed E-state index contributed by atoms with van der Waals surface area (Å²) in [4.78, 5) is 29.7. The summed E-state index contributed by atoms with van der Waals surface area (Å²) in [6.45, 7) is 1.19. The molecule has 1 aliphatic heterocycles. The van der Waals surface area contributed by atoms with Crippen molar-refractivity contribution in [2.45, 2.75) is 18.5 Å². The number of benzene rings is 1. The standard InChI is InChI=1S/C20H19F3N2O2S/c21-20(22,23)16-5-2-1-4-13(16)18(26)24-7-9-25(10-8-24)19(27)15-12-14(15)17-6-3-11-28-17/h1-6,11,14-15H,7-10,12H2/t14-,15+/m1/s1. The maximum absolute atomic E-state index is 13.2. The summed E-state index contributed by atoms with van der Waals surface area (Å²) < 4.78 is 39.5. The van der Waals surface area contributed by atoms with Gasteiger partial charge in [-0.25, -0.2) is 0 Å². The van der Waals surface area contributed by atoms with Crippen LogP contribution in [0.5, 0.6) is 0 Å². The van der Waals surface area contributed by atoms with Gasteiger partial charge in [0.15, 0.2) is 0 Å². The second kappa shape index (κ2) is 7.24. The van der Waals surface area contributed by atoms with E-state index in [9.17, 15) is 22.8 Å². The van der Waals surface area contributed by atoms with Crippen molar-refractivity contribution in [1.29, 1.82) is 0 Å². The molecule has 0 N–H and O–H groups in total. The van der Waals surface area contributed by atoms with Gasteiger partial charge >= 0.3 is 6.18 Å². The fraction of sp³-hybridized carbons (Fsp3) is 0.400. The molecule has 8 heteroatoms. The molecule has 4 nitrogen and oxygen atoms in total. The largest absolute Gasteiger partial charge is 0.417 e. The third-order valence-electron chi connectivity index (χ3n) is 5.36. The zero-order valence-electron chi connectivity index (χ0n) is 15.0. The molecular weight excluding hydrogens is 389 g/mol. The molecule has 28 heavy (non-hydrogen) atoms. The van der Waals surface area contributed by atoms with Crippen molar-refractivity contribution in [2.75, 3.05) is 26.2 Å². The molecule has 2 heterocycles. The monoisotopic (exact) mass is 408 g/mol. The Morgan fingerprint density at radius 3 is 2.29 bits per heavy atom. The van der Waals surface area contributed by atoms with E-state index in [1.54, 1.807) is 16.2 Å². The normalized spacial score (nSPS) is 22.2. The third-order valence-corrected chi connectivity index (χ3v) is 6.36. The summed E-state index contributed by atoms with van der Waals surface area (Å²) in [5, 5.41) is 2.00. The predicted molar refractivity (Wildman–Crippen MR) is 99.1 cm³/mol. The molecule has 2 fully saturated rings. The van der Waals surface area contributed by atoms with E-state index < -0.39 is 17.6 Å². The molecule has 0 bridgehead atoms. The lowest BCUT2D eigenvalue weighted by molar-refractivity contribution is -0.138. The van der Waals surface area contributed by atoms with Crippen LogP contribution in [0.3, 0.4) is 0 Å². The van der Waals surface area contributed by atoms with Crippen molar-refractivity contribution in [2.24, 2.45) is 5.92 Å². The van der Waals surface area contributed by atoms with E-state index in [4.69, 9.17) is 0 Å². The Morgan fingerprint density at radius 2 is 1.64 bits per heavy atom. The van der Waals surface area contributed by atoms with E-state index in [0.29, 0.717) is 13.1 Å². The van der Waals surface area contributed by atoms with Crippen LogP contribution in [-0.2, 0) is 11.0 Å². The van der Waals surface area contributed by atoms with Gasteiger partial charge in [0, 0.05) is 42.9 Å². The molecule has 0 radical (unpaired) electrons. The topological polar surface area (TPSA) is 40.6 Å².